The lowest BCUT2D eigenvalue weighted by atomic mass is 10.2. The molecule has 0 N–H and O–H groups in total. The number of anilines is 1. The second-order valence-electron chi connectivity index (χ2n) is 3.33. The number of hydrogen-bond acceptors (Lipinski definition) is 4. The zero-order valence-corrected chi connectivity index (χ0v) is 8.38. The van der Waals surface area contributed by atoms with Gasteiger partial charge >= 0.3 is 0 Å². The molecule has 0 aromatic heterocycles. The first-order chi connectivity index (χ1) is 7.72. The second-order valence-corrected chi connectivity index (χ2v) is 3.33. The molecule has 1 aromatic carbocycles. The molecule has 2 rings (SSSR count). The van der Waals surface area contributed by atoms with Crippen LogP contribution in [0.1, 0.15) is 10.4 Å². The van der Waals surface area contributed by atoms with E-state index in [1.165, 1.54) is 0 Å². The van der Waals surface area contributed by atoms with Crippen LogP contribution in [0.5, 0.6) is 0 Å². The van der Waals surface area contributed by atoms with Crippen LogP contribution in [0.4, 0.5) is 5.69 Å². The van der Waals surface area contributed by atoms with Crippen molar-refractivity contribution in [3.63, 3.8) is 0 Å². The van der Waals surface area contributed by atoms with Gasteiger partial charge in [-0.05, 0) is 24.3 Å². The second kappa shape index (κ2) is 4.24. The lowest BCUT2D eigenvalue weighted by Crippen LogP contribution is -2.46. The van der Waals surface area contributed by atoms with Gasteiger partial charge in [0, 0.05) is 5.56 Å². The van der Waals surface area contributed by atoms with Crippen LogP contribution < -0.4 is 4.90 Å². The summed E-state index contributed by atoms with van der Waals surface area (Å²) in [6.07, 6.45) is 0.701. The van der Waals surface area contributed by atoms with E-state index in [-0.39, 0.29) is 13.2 Å². The molecule has 0 aliphatic carbocycles. The predicted molar refractivity (Wildman–Crippen MR) is 55.1 cm³/mol. The molecule has 1 aromatic rings. The fourth-order valence-corrected chi connectivity index (χ4v) is 1.48. The topological polar surface area (TPSA) is 63.7 Å². The van der Waals surface area contributed by atoms with E-state index < -0.39 is 11.8 Å². The first-order valence-electron chi connectivity index (χ1n) is 4.71. The van der Waals surface area contributed by atoms with Gasteiger partial charge in [0.2, 0.25) is 0 Å². The maximum atomic E-state index is 11.5. The highest BCUT2D eigenvalue weighted by molar-refractivity contribution is 6.17. The van der Waals surface area contributed by atoms with Crippen LogP contribution in [-0.2, 0) is 14.3 Å². The fourth-order valence-electron chi connectivity index (χ4n) is 1.48. The van der Waals surface area contributed by atoms with Crippen LogP contribution in [0.3, 0.4) is 0 Å². The number of morpholine rings is 1. The zero-order chi connectivity index (χ0) is 11.5. The van der Waals surface area contributed by atoms with Gasteiger partial charge in [0.05, 0.1) is 5.69 Å². The molecule has 2 amide bonds. The minimum absolute atomic E-state index is 0.0961. The number of aldehydes is 1. The van der Waals surface area contributed by atoms with Crippen molar-refractivity contribution >= 4 is 23.8 Å². The summed E-state index contributed by atoms with van der Waals surface area (Å²) in [7, 11) is 0. The molecule has 0 bridgehead atoms. The minimum atomic E-state index is -0.393. The molecule has 0 spiro atoms. The van der Waals surface area contributed by atoms with Crippen LogP contribution in [0.15, 0.2) is 24.3 Å². The monoisotopic (exact) mass is 219 g/mol. The maximum absolute atomic E-state index is 11.5. The van der Waals surface area contributed by atoms with Crippen LogP contribution in [0.25, 0.3) is 0 Å². The first-order valence-corrected chi connectivity index (χ1v) is 4.71. The van der Waals surface area contributed by atoms with Crippen molar-refractivity contribution < 1.29 is 19.1 Å². The van der Waals surface area contributed by atoms with E-state index in [2.05, 4.69) is 0 Å². The number of amides is 2. The van der Waals surface area contributed by atoms with Gasteiger partial charge in [0.1, 0.15) is 19.5 Å². The number of ether oxygens (including phenoxy) is 1. The summed E-state index contributed by atoms with van der Waals surface area (Å²) in [6.45, 7) is -0.192. The number of carbonyl (C=O) groups is 3. The maximum Gasteiger partial charge on any atom is 0.259 e. The number of imide groups is 1. The average molecular weight is 219 g/mol. The van der Waals surface area contributed by atoms with Crippen molar-refractivity contribution in [3.05, 3.63) is 29.8 Å². The molecular weight excluding hydrogens is 210 g/mol. The van der Waals surface area contributed by atoms with Crippen LogP contribution in [0.2, 0.25) is 0 Å². The summed E-state index contributed by atoms with van der Waals surface area (Å²) in [5.41, 5.74) is 0.959. The summed E-state index contributed by atoms with van der Waals surface area (Å²) in [5, 5.41) is 0. The Balaban J connectivity index is 2.30. The molecule has 82 valence electrons. The Morgan fingerprint density at radius 1 is 1.06 bits per heavy atom. The quantitative estimate of drug-likeness (QED) is 0.533. The molecule has 1 heterocycles. The molecule has 1 aliphatic rings. The smallest absolute Gasteiger partial charge is 0.259 e. The summed E-state index contributed by atoms with van der Waals surface area (Å²) in [5.74, 6) is -0.787. The van der Waals surface area contributed by atoms with Gasteiger partial charge < -0.3 is 4.74 Å². The van der Waals surface area contributed by atoms with Crippen molar-refractivity contribution in [3.8, 4) is 0 Å². The van der Waals surface area contributed by atoms with Crippen molar-refractivity contribution in [1.82, 2.24) is 0 Å². The Kier molecular flexibility index (Phi) is 2.78. The fraction of sp³-hybridized carbons (Fsp3) is 0.182. The molecule has 0 unspecified atom stereocenters. The number of benzene rings is 1. The van der Waals surface area contributed by atoms with Gasteiger partial charge in [0.15, 0.2) is 0 Å². The third-order valence-corrected chi connectivity index (χ3v) is 2.24. The third kappa shape index (κ3) is 1.85. The summed E-state index contributed by atoms with van der Waals surface area (Å²) in [4.78, 5) is 34.5. The Morgan fingerprint density at radius 2 is 1.62 bits per heavy atom. The van der Waals surface area contributed by atoms with Gasteiger partial charge in [0.25, 0.3) is 11.8 Å². The molecule has 1 aliphatic heterocycles. The summed E-state index contributed by atoms with van der Waals surface area (Å²) in [6, 6.07) is 6.23. The van der Waals surface area contributed by atoms with Gasteiger partial charge in [-0.15, -0.1) is 0 Å². The summed E-state index contributed by atoms with van der Waals surface area (Å²) >= 11 is 0. The van der Waals surface area contributed by atoms with Crippen molar-refractivity contribution in [2.45, 2.75) is 0 Å². The van der Waals surface area contributed by atoms with Gasteiger partial charge in [-0.25, -0.2) is 4.90 Å². The Hall–Kier alpha value is -2.01. The Bertz CT molecular complexity index is 422. The van der Waals surface area contributed by atoms with Crippen molar-refractivity contribution in [1.29, 1.82) is 0 Å². The van der Waals surface area contributed by atoms with E-state index in [0.29, 0.717) is 17.5 Å². The predicted octanol–water partition coefficient (Wildman–Crippen LogP) is 0.389. The lowest BCUT2D eigenvalue weighted by molar-refractivity contribution is -0.138. The SMILES string of the molecule is O=Cc1ccc(N2C(=O)COCC2=O)cc1. The van der Waals surface area contributed by atoms with E-state index in [0.717, 1.165) is 4.90 Å². The number of carbonyl (C=O) groups excluding carboxylic acids is 3. The van der Waals surface area contributed by atoms with E-state index in [1.54, 1.807) is 24.3 Å². The van der Waals surface area contributed by atoms with E-state index >= 15 is 0 Å². The highest BCUT2D eigenvalue weighted by atomic mass is 16.5. The highest BCUT2D eigenvalue weighted by Gasteiger charge is 2.27. The van der Waals surface area contributed by atoms with Crippen LogP contribution in [-0.4, -0.2) is 31.3 Å². The number of rotatable bonds is 2. The third-order valence-electron chi connectivity index (χ3n) is 2.24. The molecule has 1 saturated heterocycles. The Morgan fingerprint density at radius 3 is 2.12 bits per heavy atom. The van der Waals surface area contributed by atoms with Crippen LogP contribution >= 0.6 is 0 Å². The average Bonchev–Trinajstić information content (AvgIpc) is 2.30. The van der Waals surface area contributed by atoms with Crippen molar-refractivity contribution in [2.75, 3.05) is 18.1 Å². The minimum Gasteiger partial charge on any atom is -0.362 e. The molecule has 5 heteroatoms. The molecule has 0 radical (unpaired) electrons. The van der Waals surface area contributed by atoms with Crippen molar-refractivity contribution in [2.24, 2.45) is 0 Å². The zero-order valence-electron chi connectivity index (χ0n) is 8.38. The van der Waals surface area contributed by atoms with Gasteiger partial charge in [-0.2, -0.15) is 0 Å². The molecule has 5 nitrogen and oxygen atoms in total. The molecular formula is C11H9NO4. The molecule has 1 fully saturated rings. The van der Waals surface area contributed by atoms with Crippen LogP contribution in [0, 0.1) is 0 Å². The molecule has 0 atom stereocenters. The Labute approximate surface area is 91.6 Å². The van der Waals surface area contributed by atoms with E-state index in [4.69, 9.17) is 4.74 Å². The van der Waals surface area contributed by atoms with E-state index in [1.807, 2.05) is 0 Å². The normalized spacial score (nSPS) is 16.4. The van der Waals surface area contributed by atoms with E-state index in [9.17, 15) is 14.4 Å². The van der Waals surface area contributed by atoms with Gasteiger partial charge in [-0.3, -0.25) is 14.4 Å². The highest BCUT2D eigenvalue weighted by Crippen LogP contribution is 2.17. The molecule has 0 saturated carbocycles. The lowest BCUT2D eigenvalue weighted by Gasteiger charge is -2.24. The number of hydrogen-bond donors (Lipinski definition) is 0. The first kappa shape index (κ1) is 10.5. The van der Waals surface area contributed by atoms with Gasteiger partial charge in [-0.1, -0.05) is 0 Å². The standard InChI is InChI=1S/C11H9NO4/c13-5-8-1-3-9(4-2-8)12-10(14)6-16-7-11(12)15/h1-5H,6-7H2. The summed E-state index contributed by atoms with van der Waals surface area (Å²) < 4.78 is 4.79. The number of nitrogens with zero attached hydrogens (tertiary/aromatic N) is 1. The molecule has 16 heavy (non-hydrogen) atoms. The largest absolute Gasteiger partial charge is 0.362 e.